The zero-order valence-corrected chi connectivity index (χ0v) is 7.91. The van der Waals surface area contributed by atoms with Crippen LogP contribution in [0, 0.1) is 0 Å². The van der Waals surface area contributed by atoms with Crippen LogP contribution in [0.5, 0.6) is 0 Å². The van der Waals surface area contributed by atoms with Crippen molar-refractivity contribution in [2.75, 3.05) is 34.0 Å². The highest BCUT2D eigenvalue weighted by Crippen LogP contribution is 1.97. The van der Waals surface area contributed by atoms with Crippen LogP contribution in [0.15, 0.2) is 12.7 Å². The molecule has 12 heavy (non-hydrogen) atoms. The lowest BCUT2D eigenvalue weighted by Crippen LogP contribution is -2.19. The first kappa shape index (κ1) is 11.6. The van der Waals surface area contributed by atoms with E-state index in [9.17, 15) is 0 Å². The van der Waals surface area contributed by atoms with Gasteiger partial charge in [-0.3, -0.25) is 0 Å². The van der Waals surface area contributed by atoms with Crippen molar-refractivity contribution in [2.45, 2.75) is 12.5 Å². The van der Waals surface area contributed by atoms with E-state index in [1.54, 1.807) is 20.3 Å². The standard InChI is InChI=1S/C9H18O3/c1-4-6-12-7-5-9(11-3)8-10-2/h4,9H,1,5-8H2,2-3H3. The summed E-state index contributed by atoms with van der Waals surface area (Å²) in [5.41, 5.74) is 0. The van der Waals surface area contributed by atoms with Gasteiger partial charge in [0.05, 0.1) is 19.3 Å². The number of rotatable bonds is 8. The van der Waals surface area contributed by atoms with Crippen molar-refractivity contribution in [3.63, 3.8) is 0 Å². The minimum absolute atomic E-state index is 0.139. The van der Waals surface area contributed by atoms with Crippen molar-refractivity contribution in [1.82, 2.24) is 0 Å². The van der Waals surface area contributed by atoms with E-state index in [4.69, 9.17) is 14.2 Å². The summed E-state index contributed by atoms with van der Waals surface area (Å²) in [6.07, 6.45) is 2.73. The van der Waals surface area contributed by atoms with Crippen LogP contribution in [0.3, 0.4) is 0 Å². The van der Waals surface area contributed by atoms with Crippen LogP contribution < -0.4 is 0 Å². The molecule has 1 atom stereocenters. The van der Waals surface area contributed by atoms with Crippen molar-refractivity contribution in [1.29, 1.82) is 0 Å². The lowest BCUT2D eigenvalue weighted by Gasteiger charge is -2.13. The van der Waals surface area contributed by atoms with Crippen molar-refractivity contribution in [3.05, 3.63) is 12.7 Å². The number of ether oxygens (including phenoxy) is 3. The van der Waals surface area contributed by atoms with E-state index in [1.807, 2.05) is 0 Å². The maximum Gasteiger partial charge on any atom is 0.0826 e. The molecule has 0 saturated carbocycles. The number of hydrogen-bond donors (Lipinski definition) is 0. The average Bonchev–Trinajstić information content (AvgIpc) is 2.10. The van der Waals surface area contributed by atoms with Crippen molar-refractivity contribution >= 4 is 0 Å². The van der Waals surface area contributed by atoms with E-state index >= 15 is 0 Å². The molecule has 0 spiro atoms. The van der Waals surface area contributed by atoms with Crippen LogP contribution in [-0.4, -0.2) is 40.1 Å². The van der Waals surface area contributed by atoms with Crippen LogP contribution in [0.2, 0.25) is 0 Å². The summed E-state index contributed by atoms with van der Waals surface area (Å²) < 4.78 is 15.3. The fourth-order valence-electron chi connectivity index (χ4n) is 0.837. The molecule has 0 aliphatic rings. The van der Waals surface area contributed by atoms with Gasteiger partial charge in [-0.05, 0) is 6.42 Å². The minimum atomic E-state index is 0.139. The number of hydrogen-bond acceptors (Lipinski definition) is 3. The van der Waals surface area contributed by atoms with E-state index in [-0.39, 0.29) is 6.10 Å². The van der Waals surface area contributed by atoms with Gasteiger partial charge in [0.2, 0.25) is 0 Å². The molecule has 3 nitrogen and oxygen atoms in total. The second-order valence-electron chi connectivity index (χ2n) is 2.47. The van der Waals surface area contributed by atoms with Gasteiger partial charge in [0.25, 0.3) is 0 Å². The summed E-state index contributed by atoms with van der Waals surface area (Å²) in [6.45, 7) is 5.46. The maximum atomic E-state index is 5.21. The summed E-state index contributed by atoms with van der Waals surface area (Å²) in [7, 11) is 3.34. The van der Waals surface area contributed by atoms with Gasteiger partial charge in [0.15, 0.2) is 0 Å². The Bertz CT molecular complexity index is 104. The molecule has 0 saturated heterocycles. The molecule has 0 fully saturated rings. The number of methoxy groups -OCH3 is 2. The van der Waals surface area contributed by atoms with Gasteiger partial charge in [-0.25, -0.2) is 0 Å². The Morgan fingerprint density at radius 2 is 2.17 bits per heavy atom. The second-order valence-corrected chi connectivity index (χ2v) is 2.47. The molecular weight excluding hydrogens is 156 g/mol. The van der Waals surface area contributed by atoms with Gasteiger partial charge in [-0.15, -0.1) is 6.58 Å². The molecule has 0 heterocycles. The van der Waals surface area contributed by atoms with Crippen LogP contribution in [0.1, 0.15) is 6.42 Å². The van der Waals surface area contributed by atoms with Gasteiger partial charge in [0, 0.05) is 20.8 Å². The molecule has 0 aromatic rings. The summed E-state index contributed by atoms with van der Waals surface area (Å²) in [4.78, 5) is 0. The molecule has 0 aromatic heterocycles. The van der Waals surface area contributed by atoms with Crippen LogP contribution in [-0.2, 0) is 14.2 Å². The Morgan fingerprint density at radius 1 is 1.42 bits per heavy atom. The molecular formula is C9H18O3. The maximum absolute atomic E-state index is 5.21. The quantitative estimate of drug-likeness (QED) is 0.409. The lowest BCUT2D eigenvalue weighted by molar-refractivity contribution is 0.00630. The molecule has 0 aromatic carbocycles. The zero-order chi connectivity index (χ0) is 9.23. The predicted octanol–water partition coefficient (Wildman–Crippen LogP) is 1.24. The SMILES string of the molecule is C=CCOCCC(COC)OC. The fraction of sp³-hybridized carbons (Fsp3) is 0.778. The summed E-state index contributed by atoms with van der Waals surface area (Å²) >= 11 is 0. The normalized spacial score (nSPS) is 12.8. The smallest absolute Gasteiger partial charge is 0.0826 e. The van der Waals surface area contributed by atoms with Crippen molar-refractivity contribution in [3.8, 4) is 0 Å². The molecule has 1 unspecified atom stereocenters. The predicted molar refractivity (Wildman–Crippen MR) is 48.3 cm³/mol. The van der Waals surface area contributed by atoms with E-state index in [0.717, 1.165) is 6.42 Å². The van der Waals surface area contributed by atoms with Gasteiger partial charge in [-0.2, -0.15) is 0 Å². The first-order chi connectivity index (χ1) is 5.85. The Hall–Kier alpha value is -0.380. The molecule has 0 rings (SSSR count). The van der Waals surface area contributed by atoms with Crippen molar-refractivity contribution < 1.29 is 14.2 Å². The van der Waals surface area contributed by atoms with Crippen molar-refractivity contribution in [2.24, 2.45) is 0 Å². The van der Waals surface area contributed by atoms with E-state index < -0.39 is 0 Å². The molecule has 0 amide bonds. The Labute approximate surface area is 74.3 Å². The molecule has 0 radical (unpaired) electrons. The molecule has 72 valence electrons. The third kappa shape index (κ3) is 6.34. The summed E-state index contributed by atoms with van der Waals surface area (Å²) in [6, 6.07) is 0. The van der Waals surface area contributed by atoms with E-state index in [1.165, 1.54) is 0 Å². The van der Waals surface area contributed by atoms with E-state index in [2.05, 4.69) is 6.58 Å². The van der Waals surface area contributed by atoms with Gasteiger partial charge >= 0.3 is 0 Å². The van der Waals surface area contributed by atoms with Gasteiger partial charge in [0.1, 0.15) is 0 Å². The van der Waals surface area contributed by atoms with Gasteiger partial charge < -0.3 is 14.2 Å². The highest BCUT2D eigenvalue weighted by atomic mass is 16.5. The largest absolute Gasteiger partial charge is 0.382 e. The fourth-order valence-corrected chi connectivity index (χ4v) is 0.837. The van der Waals surface area contributed by atoms with Gasteiger partial charge in [-0.1, -0.05) is 6.08 Å². The van der Waals surface area contributed by atoms with Crippen LogP contribution in [0.25, 0.3) is 0 Å². The molecule has 0 N–H and O–H groups in total. The molecule has 0 aliphatic heterocycles. The second kappa shape index (κ2) is 8.71. The zero-order valence-electron chi connectivity index (χ0n) is 7.91. The molecule has 0 bridgehead atoms. The third-order valence-corrected chi connectivity index (χ3v) is 1.51. The highest BCUT2D eigenvalue weighted by molar-refractivity contribution is 4.64. The summed E-state index contributed by atoms with van der Waals surface area (Å²) in [5.74, 6) is 0. The van der Waals surface area contributed by atoms with Crippen LogP contribution in [0.4, 0.5) is 0 Å². The monoisotopic (exact) mass is 174 g/mol. The molecule has 0 aliphatic carbocycles. The summed E-state index contributed by atoms with van der Waals surface area (Å²) in [5, 5.41) is 0. The molecule has 3 heteroatoms. The Morgan fingerprint density at radius 3 is 2.67 bits per heavy atom. The lowest BCUT2D eigenvalue weighted by atomic mass is 10.3. The van der Waals surface area contributed by atoms with E-state index in [0.29, 0.717) is 19.8 Å². The highest BCUT2D eigenvalue weighted by Gasteiger charge is 2.05. The van der Waals surface area contributed by atoms with Crippen LogP contribution >= 0.6 is 0 Å². The average molecular weight is 174 g/mol. The topological polar surface area (TPSA) is 27.7 Å². The first-order valence-corrected chi connectivity index (χ1v) is 4.05. The Balaban J connectivity index is 3.24. The first-order valence-electron chi connectivity index (χ1n) is 4.05. The Kier molecular flexibility index (Phi) is 8.44. The third-order valence-electron chi connectivity index (χ3n) is 1.51. The minimum Gasteiger partial charge on any atom is -0.382 e.